The van der Waals surface area contributed by atoms with Crippen LogP contribution in [0.2, 0.25) is 5.02 Å². The molecule has 0 amide bonds. The molecule has 32 heavy (non-hydrogen) atoms. The van der Waals surface area contributed by atoms with Gasteiger partial charge in [0.05, 0.1) is 17.8 Å². The predicted molar refractivity (Wildman–Crippen MR) is 128 cm³/mol. The lowest BCUT2D eigenvalue weighted by Crippen LogP contribution is -2.53. The Kier molecular flexibility index (Phi) is 6.37. The molecular weight excluding hydrogens is 422 g/mol. The standard InChI is InChI=1S/C25H28ClN5O/c26-21-8-6-19(7-9-21)15-29-10-12-30(13-11-29)23-16-31(17-24(23)32)25-14-22(27-18-28-25)20-4-2-1-3-5-20/h1-9,14,18,23-24,32H,10-13,15-17H2. The van der Waals surface area contributed by atoms with E-state index < -0.39 is 0 Å². The summed E-state index contributed by atoms with van der Waals surface area (Å²) in [7, 11) is 0. The fourth-order valence-corrected chi connectivity index (χ4v) is 4.83. The summed E-state index contributed by atoms with van der Waals surface area (Å²) >= 11 is 6.00. The van der Waals surface area contributed by atoms with Crippen molar-refractivity contribution >= 4 is 17.4 Å². The number of aliphatic hydroxyl groups is 1. The third kappa shape index (κ3) is 4.79. The van der Waals surface area contributed by atoms with Crippen LogP contribution in [0.1, 0.15) is 5.56 Å². The van der Waals surface area contributed by atoms with Gasteiger partial charge in [0.1, 0.15) is 12.1 Å². The lowest BCUT2D eigenvalue weighted by molar-refractivity contribution is 0.0424. The highest BCUT2D eigenvalue weighted by Crippen LogP contribution is 2.26. The molecule has 0 saturated carbocycles. The Balaban J connectivity index is 1.19. The first-order valence-electron chi connectivity index (χ1n) is 11.2. The van der Waals surface area contributed by atoms with Crippen LogP contribution in [0.15, 0.2) is 67.0 Å². The highest BCUT2D eigenvalue weighted by Gasteiger charge is 2.37. The molecule has 166 valence electrons. The quantitative estimate of drug-likeness (QED) is 0.645. The number of rotatable bonds is 5. The zero-order valence-corrected chi connectivity index (χ0v) is 18.8. The van der Waals surface area contributed by atoms with E-state index in [1.807, 2.05) is 36.4 Å². The summed E-state index contributed by atoms with van der Waals surface area (Å²) in [6.45, 7) is 6.23. The molecule has 2 atom stereocenters. The summed E-state index contributed by atoms with van der Waals surface area (Å²) in [5.74, 6) is 0.877. The number of nitrogens with zero attached hydrogens (tertiary/aromatic N) is 5. The van der Waals surface area contributed by atoms with Crippen LogP contribution in [-0.2, 0) is 6.54 Å². The molecular formula is C25H28ClN5O. The Labute approximate surface area is 194 Å². The van der Waals surface area contributed by atoms with Crippen molar-refractivity contribution < 1.29 is 5.11 Å². The van der Waals surface area contributed by atoms with Gasteiger partial charge in [-0.1, -0.05) is 54.1 Å². The Bertz CT molecular complexity index is 1020. The van der Waals surface area contributed by atoms with Crippen molar-refractivity contribution in [2.75, 3.05) is 44.2 Å². The van der Waals surface area contributed by atoms with E-state index in [0.717, 1.165) is 61.4 Å². The Morgan fingerprint density at radius 1 is 0.906 bits per heavy atom. The van der Waals surface area contributed by atoms with Gasteiger partial charge in [0, 0.05) is 62.5 Å². The van der Waals surface area contributed by atoms with E-state index in [-0.39, 0.29) is 12.1 Å². The van der Waals surface area contributed by atoms with Crippen LogP contribution in [0.5, 0.6) is 0 Å². The van der Waals surface area contributed by atoms with Gasteiger partial charge in [-0.15, -0.1) is 0 Å². The average molecular weight is 450 g/mol. The Morgan fingerprint density at radius 3 is 2.41 bits per heavy atom. The molecule has 0 spiro atoms. The Morgan fingerprint density at radius 2 is 1.66 bits per heavy atom. The van der Waals surface area contributed by atoms with Crippen LogP contribution in [0.3, 0.4) is 0 Å². The largest absolute Gasteiger partial charge is 0.390 e. The number of aromatic nitrogens is 2. The van der Waals surface area contributed by atoms with E-state index in [1.54, 1.807) is 6.33 Å². The van der Waals surface area contributed by atoms with Crippen LogP contribution < -0.4 is 4.90 Å². The van der Waals surface area contributed by atoms with Gasteiger partial charge >= 0.3 is 0 Å². The van der Waals surface area contributed by atoms with Crippen molar-refractivity contribution in [1.29, 1.82) is 0 Å². The maximum Gasteiger partial charge on any atom is 0.132 e. The van der Waals surface area contributed by atoms with Gasteiger partial charge in [0.25, 0.3) is 0 Å². The lowest BCUT2D eigenvalue weighted by atomic mass is 10.1. The molecule has 3 aromatic rings. The smallest absolute Gasteiger partial charge is 0.132 e. The number of benzene rings is 2. The molecule has 2 aliphatic rings. The summed E-state index contributed by atoms with van der Waals surface area (Å²) in [4.78, 5) is 16.0. The molecule has 7 heteroatoms. The third-order valence-corrected chi connectivity index (χ3v) is 6.75. The maximum absolute atomic E-state index is 10.8. The molecule has 5 rings (SSSR count). The zero-order valence-electron chi connectivity index (χ0n) is 18.0. The normalized spacial score (nSPS) is 22.4. The number of anilines is 1. The van der Waals surface area contributed by atoms with Crippen LogP contribution in [-0.4, -0.2) is 76.3 Å². The van der Waals surface area contributed by atoms with Crippen LogP contribution in [0, 0.1) is 0 Å². The van der Waals surface area contributed by atoms with E-state index in [1.165, 1.54) is 5.56 Å². The summed E-state index contributed by atoms with van der Waals surface area (Å²) < 4.78 is 0. The zero-order chi connectivity index (χ0) is 21.9. The molecule has 0 bridgehead atoms. The monoisotopic (exact) mass is 449 g/mol. The molecule has 0 aliphatic carbocycles. The topological polar surface area (TPSA) is 55.7 Å². The number of hydrogen-bond donors (Lipinski definition) is 1. The van der Waals surface area contributed by atoms with Crippen LogP contribution >= 0.6 is 11.6 Å². The first-order chi connectivity index (χ1) is 15.7. The van der Waals surface area contributed by atoms with E-state index in [2.05, 4.69) is 48.9 Å². The van der Waals surface area contributed by atoms with Gasteiger partial charge < -0.3 is 10.0 Å². The minimum Gasteiger partial charge on any atom is -0.390 e. The van der Waals surface area contributed by atoms with Crippen molar-refractivity contribution in [3.05, 3.63) is 77.6 Å². The van der Waals surface area contributed by atoms with Gasteiger partial charge in [-0.3, -0.25) is 9.80 Å². The van der Waals surface area contributed by atoms with E-state index in [0.29, 0.717) is 6.54 Å². The van der Waals surface area contributed by atoms with E-state index in [9.17, 15) is 5.11 Å². The van der Waals surface area contributed by atoms with Crippen molar-refractivity contribution in [3.8, 4) is 11.3 Å². The summed E-state index contributed by atoms with van der Waals surface area (Å²) in [6.07, 6.45) is 1.24. The minimum absolute atomic E-state index is 0.128. The number of piperazine rings is 1. The molecule has 2 unspecified atom stereocenters. The van der Waals surface area contributed by atoms with Crippen molar-refractivity contribution in [3.63, 3.8) is 0 Å². The molecule has 2 aliphatic heterocycles. The number of halogens is 1. The highest BCUT2D eigenvalue weighted by atomic mass is 35.5. The van der Waals surface area contributed by atoms with Gasteiger partial charge in [0.2, 0.25) is 0 Å². The van der Waals surface area contributed by atoms with Gasteiger partial charge in [-0.2, -0.15) is 0 Å². The second-order valence-corrected chi connectivity index (χ2v) is 9.04. The van der Waals surface area contributed by atoms with Crippen molar-refractivity contribution in [2.24, 2.45) is 0 Å². The maximum atomic E-state index is 10.8. The summed E-state index contributed by atoms with van der Waals surface area (Å²) in [5, 5.41) is 11.6. The molecule has 1 N–H and O–H groups in total. The second-order valence-electron chi connectivity index (χ2n) is 8.61. The van der Waals surface area contributed by atoms with Crippen molar-refractivity contribution in [2.45, 2.75) is 18.7 Å². The first kappa shape index (κ1) is 21.3. The second kappa shape index (κ2) is 9.55. The molecule has 3 heterocycles. The molecule has 6 nitrogen and oxygen atoms in total. The molecule has 2 saturated heterocycles. The number of aliphatic hydroxyl groups excluding tert-OH is 1. The predicted octanol–water partition coefficient (Wildman–Crippen LogP) is 3.16. The molecule has 2 aromatic carbocycles. The fourth-order valence-electron chi connectivity index (χ4n) is 4.70. The van der Waals surface area contributed by atoms with E-state index in [4.69, 9.17) is 11.6 Å². The molecule has 0 radical (unpaired) electrons. The number of β-amino-alcohol motifs (C(OH)–C–C–N with tert-alkyl or cyclic N) is 1. The Hall–Kier alpha value is -2.51. The summed E-state index contributed by atoms with van der Waals surface area (Å²) in [6, 6.07) is 20.4. The van der Waals surface area contributed by atoms with E-state index >= 15 is 0 Å². The van der Waals surface area contributed by atoms with Crippen molar-refractivity contribution in [1.82, 2.24) is 19.8 Å². The fraction of sp³-hybridized carbons (Fsp3) is 0.360. The third-order valence-electron chi connectivity index (χ3n) is 6.50. The van der Waals surface area contributed by atoms with Crippen LogP contribution in [0.25, 0.3) is 11.3 Å². The van der Waals surface area contributed by atoms with Crippen LogP contribution in [0.4, 0.5) is 5.82 Å². The summed E-state index contributed by atoms with van der Waals surface area (Å²) in [5.41, 5.74) is 3.27. The molecule has 1 aromatic heterocycles. The van der Waals surface area contributed by atoms with Gasteiger partial charge in [-0.05, 0) is 17.7 Å². The highest BCUT2D eigenvalue weighted by molar-refractivity contribution is 6.30. The first-order valence-corrected chi connectivity index (χ1v) is 11.5. The SMILES string of the molecule is OC1CN(c2cc(-c3ccccc3)ncn2)CC1N1CCN(Cc2ccc(Cl)cc2)CC1. The minimum atomic E-state index is -0.382. The number of hydrogen-bond acceptors (Lipinski definition) is 6. The lowest BCUT2D eigenvalue weighted by Gasteiger charge is -2.38. The van der Waals surface area contributed by atoms with Gasteiger partial charge in [0.15, 0.2) is 0 Å². The van der Waals surface area contributed by atoms with Gasteiger partial charge in [-0.25, -0.2) is 9.97 Å². The average Bonchev–Trinajstić information content (AvgIpc) is 3.23. The molecule has 2 fully saturated rings.